The maximum Gasteiger partial charge on any atom is 0.154 e. The Morgan fingerprint density at radius 2 is 2.10 bits per heavy atom. The van der Waals surface area contributed by atoms with E-state index >= 15 is 0 Å². The van der Waals surface area contributed by atoms with Crippen molar-refractivity contribution in [3.63, 3.8) is 0 Å². The maximum absolute atomic E-state index is 11.8. The molecule has 1 saturated heterocycles. The molecular formula is C14H19Cl2NO2S. The van der Waals surface area contributed by atoms with Gasteiger partial charge in [-0.2, -0.15) is 0 Å². The highest BCUT2D eigenvalue weighted by atomic mass is 35.5. The lowest BCUT2D eigenvalue weighted by Crippen LogP contribution is -2.33. The molecule has 112 valence electrons. The third-order valence-electron chi connectivity index (χ3n) is 3.81. The molecule has 2 unspecified atom stereocenters. The van der Waals surface area contributed by atoms with Crippen LogP contribution in [0, 0.1) is 0 Å². The van der Waals surface area contributed by atoms with Crippen molar-refractivity contribution in [3.8, 4) is 0 Å². The molecule has 1 N–H and O–H groups in total. The molecule has 1 heterocycles. The van der Waals surface area contributed by atoms with Crippen LogP contribution in [0.5, 0.6) is 0 Å². The Morgan fingerprint density at radius 3 is 2.65 bits per heavy atom. The lowest BCUT2D eigenvalue weighted by atomic mass is 10.0. The van der Waals surface area contributed by atoms with Crippen molar-refractivity contribution in [2.24, 2.45) is 0 Å². The quantitative estimate of drug-likeness (QED) is 0.893. The number of sulfone groups is 1. The summed E-state index contributed by atoms with van der Waals surface area (Å²) in [7, 11) is -2.90. The summed E-state index contributed by atoms with van der Waals surface area (Å²) in [6.45, 7) is 2.56. The second-order valence-corrected chi connectivity index (χ2v) is 8.39. The van der Waals surface area contributed by atoms with Crippen molar-refractivity contribution in [2.75, 3.05) is 12.3 Å². The largest absolute Gasteiger partial charge is 0.309 e. The normalized spacial score (nSPS) is 22.9. The van der Waals surface area contributed by atoms with Crippen molar-refractivity contribution < 1.29 is 8.42 Å². The average molecular weight is 336 g/mol. The van der Waals surface area contributed by atoms with E-state index in [9.17, 15) is 8.42 Å². The molecule has 1 fully saturated rings. The van der Waals surface area contributed by atoms with Crippen molar-refractivity contribution in [1.29, 1.82) is 0 Å². The van der Waals surface area contributed by atoms with E-state index in [0.29, 0.717) is 22.3 Å². The van der Waals surface area contributed by atoms with Gasteiger partial charge in [0.1, 0.15) is 0 Å². The molecule has 3 nitrogen and oxygen atoms in total. The van der Waals surface area contributed by atoms with Crippen LogP contribution in [-0.2, 0) is 9.84 Å². The van der Waals surface area contributed by atoms with Crippen LogP contribution >= 0.6 is 23.2 Å². The number of halogens is 2. The lowest BCUT2D eigenvalue weighted by molar-refractivity contribution is 0.502. The summed E-state index contributed by atoms with van der Waals surface area (Å²) in [6.07, 6.45) is 2.40. The molecule has 1 aliphatic rings. The standard InChI is InChI=1S/C14H19Cl2NO2S/c1-2-14(10-5-6-12(15)13(16)8-10)17-9-11-4-3-7-20(11,18)19/h5-6,8,11,14,17H,2-4,7,9H2,1H3. The molecule has 1 aromatic carbocycles. The van der Waals surface area contributed by atoms with Crippen LogP contribution in [0.2, 0.25) is 10.0 Å². The van der Waals surface area contributed by atoms with Crippen molar-refractivity contribution in [3.05, 3.63) is 33.8 Å². The van der Waals surface area contributed by atoms with Gasteiger partial charge in [0.25, 0.3) is 0 Å². The molecule has 20 heavy (non-hydrogen) atoms. The first-order chi connectivity index (χ1) is 9.44. The highest BCUT2D eigenvalue weighted by Gasteiger charge is 2.31. The van der Waals surface area contributed by atoms with E-state index in [-0.39, 0.29) is 11.3 Å². The highest BCUT2D eigenvalue weighted by Crippen LogP contribution is 2.27. The topological polar surface area (TPSA) is 46.2 Å². The van der Waals surface area contributed by atoms with Crippen LogP contribution in [0.3, 0.4) is 0 Å². The molecule has 0 aliphatic carbocycles. The fourth-order valence-corrected chi connectivity index (χ4v) is 4.67. The average Bonchev–Trinajstić information content (AvgIpc) is 2.73. The number of hydrogen-bond acceptors (Lipinski definition) is 3. The van der Waals surface area contributed by atoms with Crippen molar-refractivity contribution >= 4 is 33.0 Å². The predicted octanol–water partition coefficient (Wildman–Crippen LogP) is 3.61. The minimum Gasteiger partial charge on any atom is -0.309 e. The summed E-state index contributed by atoms with van der Waals surface area (Å²) in [4.78, 5) is 0. The SMILES string of the molecule is CCC(NCC1CCCS1(=O)=O)c1ccc(Cl)c(Cl)c1. The molecule has 0 amide bonds. The molecule has 0 aromatic heterocycles. The monoisotopic (exact) mass is 335 g/mol. The van der Waals surface area contributed by atoms with E-state index < -0.39 is 9.84 Å². The van der Waals surface area contributed by atoms with Gasteiger partial charge in [0.2, 0.25) is 0 Å². The van der Waals surface area contributed by atoms with E-state index in [1.165, 1.54) is 0 Å². The van der Waals surface area contributed by atoms with Gasteiger partial charge in [-0.25, -0.2) is 8.42 Å². The minimum absolute atomic E-state index is 0.0977. The Morgan fingerprint density at radius 1 is 1.35 bits per heavy atom. The fourth-order valence-electron chi connectivity index (χ4n) is 2.59. The van der Waals surface area contributed by atoms with Gasteiger partial charge in [0.15, 0.2) is 9.84 Å². The lowest BCUT2D eigenvalue weighted by Gasteiger charge is -2.20. The zero-order chi connectivity index (χ0) is 14.8. The van der Waals surface area contributed by atoms with Crippen LogP contribution in [0.15, 0.2) is 18.2 Å². The van der Waals surface area contributed by atoms with Gasteiger partial charge in [-0.3, -0.25) is 0 Å². The molecule has 6 heteroatoms. The number of rotatable bonds is 5. The summed E-state index contributed by atoms with van der Waals surface area (Å²) in [5.41, 5.74) is 1.04. The first-order valence-electron chi connectivity index (χ1n) is 6.84. The second kappa shape index (κ2) is 6.65. The Labute approximate surface area is 130 Å². The van der Waals surface area contributed by atoms with Gasteiger partial charge in [-0.15, -0.1) is 0 Å². The van der Waals surface area contributed by atoms with Gasteiger partial charge < -0.3 is 5.32 Å². The summed E-state index contributed by atoms with van der Waals surface area (Å²) in [6, 6.07) is 5.64. The van der Waals surface area contributed by atoms with E-state index in [1.807, 2.05) is 12.1 Å². The second-order valence-electron chi connectivity index (χ2n) is 5.17. The number of hydrogen-bond donors (Lipinski definition) is 1. The Balaban J connectivity index is 2.04. The Bertz CT molecular complexity index is 575. The van der Waals surface area contributed by atoms with E-state index in [0.717, 1.165) is 24.8 Å². The van der Waals surface area contributed by atoms with Crippen LogP contribution in [0.1, 0.15) is 37.8 Å². The molecule has 1 aliphatic heterocycles. The molecule has 0 bridgehead atoms. The van der Waals surface area contributed by atoms with Crippen LogP contribution in [0.4, 0.5) is 0 Å². The fraction of sp³-hybridized carbons (Fsp3) is 0.571. The summed E-state index contributed by atoms with van der Waals surface area (Å²) in [5.74, 6) is 0.322. The highest BCUT2D eigenvalue weighted by molar-refractivity contribution is 7.92. The first-order valence-corrected chi connectivity index (χ1v) is 9.31. The molecule has 0 saturated carbocycles. The number of nitrogens with one attached hydrogen (secondary N) is 1. The maximum atomic E-state index is 11.8. The van der Waals surface area contributed by atoms with Gasteiger partial charge >= 0.3 is 0 Å². The van der Waals surface area contributed by atoms with Gasteiger partial charge in [-0.1, -0.05) is 36.2 Å². The third kappa shape index (κ3) is 3.67. The summed E-state index contributed by atoms with van der Waals surface area (Å²) in [5, 5.41) is 4.16. The molecular weight excluding hydrogens is 317 g/mol. The van der Waals surface area contributed by atoms with Crippen LogP contribution in [-0.4, -0.2) is 26.0 Å². The van der Waals surface area contributed by atoms with E-state index in [1.54, 1.807) is 6.07 Å². The summed E-state index contributed by atoms with van der Waals surface area (Å²) < 4.78 is 23.6. The predicted molar refractivity (Wildman–Crippen MR) is 84.3 cm³/mol. The van der Waals surface area contributed by atoms with Crippen molar-refractivity contribution in [2.45, 2.75) is 37.5 Å². The smallest absolute Gasteiger partial charge is 0.154 e. The number of benzene rings is 1. The summed E-state index contributed by atoms with van der Waals surface area (Å²) >= 11 is 11.9. The van der Waals surface area contributed by atoms with Crippen LogP contribution < -0.4 is 5.32 Å². The third-order valence-corrected chi connectivity index (χ3v) is 6.82. The molecule has 0 radical (unpaired) electrons. The molecule has 2 atom stereocenters. The van der Waals surface area contributed by atoms with Crippen molar-refractivity contribution in [1.82, 2.24) is 5.32 Å². The Kier molecular flexibility index (Phi) is 5.35. The van der Waals surface area contributed by atoms with E-state index in [2.05, 4.69) is 12.2 Å². The first kappa shape index (κ1) is 16.1. The zero-order valence-corrected chi connectivity index (χ0v) is 13.7. The van der Waals surface area contributed by atoms with Gasteiger partial charge in [0, 0.05) is 12.6 Å². The zero-order valence-electron chi connectivity index (χ0n) is 11.4. The Hall–Kier alpha value is -0.290. The molecule has 1 aromatic rings. The molecule has 0 spiro atoms. The molecule has 2 rings (SSSR count). The van der Waals surface area contributed by atoms with Gasteiger partial charge in [0.05, 0.1) is 21.0 Å². The van der Waals surface area contributed by atoms with E-state index in [4.69, 9.17) is 23.2 Å². The van der Waals surface area contributed by atoms with Gasteiger partial charge in [-0.05, 0) is 37.0 Å². The minimum atomic E-state index is -2.90. The van der Waals surface area contributed by atoms with Crippen LogP contribution in [0.25, 0.3) is 0 Å².